The number of rotatable bonds is 3. The maximum absolute atomic E-state index is 13.6. The molecule has 2 bridgehead atoms. The van der Waals surface area contributed by atoms with Crippen molar-refractivity contribution in [3.05, 3.63) is 11.6 Å². The summed E-state index contributed by atoms with van der Waals surface area (Å²) in [4.78, 5) is 32.5. The van der Waals surface area contributed by atoms with Gasteiger partial charge in [-0.15, -0.1) is 0 Å². The second kappa shape index (κ2) is 6.19. The zero-order valence-electron chi connectivity index (χ0n) is 16.1. The third-order valence-corrected chi connectivity index (χ3v) is 6.80. The van der Waals surface area contributed by atoms with E-state index in [1.165, 1.54) is 12.0 Å². The Bertz CT molecular complexity index is 686. The Balaban J connectivity index is 1.51. The molecule has 2 amide bonds. The van der Waals surface area contributed by atoms with Gasteiger partial charge in [0.25, 0.3) is 5.91 Å². The first-order chi connectivity index (χ1) is 12.3. The molecular weight excluding hydrogens is 328 g/mol. The Morgan fingerprint density at radius 1 is 1.31 bits per heavy atom. The zero-order chi connectivity index (χ0) is 18.5. The van der Waals surface area contributed by atoms with Crippen LogP contribution in [0.15, 0.2) is 16.6 Å². The minimum atomic E-state index is -0.638. The van der Waals surface area contributed by atoms with Gasteiger partial charge >= 0.3 is 0 Å². The molecule has 0 unspecified atom stereocenters. The molecule has 6 heteroatoms. The monoisotopic (exact) mass is 358 g/mol. The molecule has 1 spiro atoms. The van der Waals surface area contributed by atoms with Gasteiger partial charge in [-0.25, -0.2) is 0 Å². The highest BCUT2D eigenvalue weighted by atomic mass is 16.2. The number of nitrogens with one attached hydrogen (secondary N) is 2. The third-order valence-electron chi connectivity index (χ3n) is 6.80. The van der Waals surface area contributed by atoms with Gasteiger partial charge in [0.15, 0.2) is 0 Å². The lowest BCUT2D eigenvalue weighted by molar-refractivity contribution is -0.146. The smallest absolute Gasteiger partial charge is 0.253 e. The molecule has 0 saturated carbocycles. The van der Waals surface area contributed by atoms with Crippen molar-refractivity contribution < 1.29 is 9.59 Å². The van der Waals surface area contributed by atoms with Crippen LogP contribution in [0.3, 0.4) is 0 Å². The van der Waals surface area contributed by atoms with Gasteiger partial charge in [-0.1, -0.05) is 11.6 Å². The van der Waals surface area contributed by atoms with E-state index >= 15 is 0 Å². The summed E-state index contributed by atoms with van der Waals surface area (Å²) in [5, 5.41) is 6.49. The minimum absolute atomic E-state index is 0.00273. The van der Waals surface area contributed by atoms with E-state index in [4.69, 9.17) is 0 Å². The van der Waals surface area contributed by atoms with Crippen LogP contribution in [0.1, 0.15) is 59.3 Å². The van der Waals surface area contributed by atoms with Crippen LogP contribution >= 0.6 is 0 Å². The van der Waals surface area contributed by atoms with Gasteiger partial charge in [-0.3, -0.25) is 14.6 Å². The average Bonchev–Trinajstić information content (AvgIpc) is 3.27. The van der Waals surface area contributed by atoms with Crippen LogP contribution < -0.4 is 10.6 Å². The third kappa shape index (κ3) is 2.70. The molecule has 0 aliphatic carbocycles. The number of nitrogens with zero attached hydrogens (tertiary/aromatic N) is 2. The van der Waals surface area contributed by atoms with E-state index in [9.17, 15) is 9.59 Å². The Labute approximate surface area is 155 Å². The summed E-state index contributed by atoms with van der Waals surface area (Å²) in [6, 6.07) is 0.778. The first-order valence-electron chi connectivity index (χ1n) is 9.91. The fourth-order valence-electron chi connectivity index (χ4n) is 5.35. The maximum Gasteiger partial charge on any atom is 0.253 e. The van der Waals surface area contributed by atoms with Gasteiger partial charge in [0.05, 0.1) is 5.41 Å². The standard InChI is InChI=1S/C20H30N4O2/c1-13(2)6-7-19(12-15-4-5-16(19)22-15)18(26)24-10-8-20(9-11-24)17(25)21-14(3)23-20/h6,15-16,22H,4-5,7-12H2,1-3H3,(H,21,23,25)/t15-,16+,19+/m0/s1. The molecule has 0 aromatic carbocycles. The molecule has 142 valence electrons. The summed E-state index contributed by atoms with van der Waals surface area (Å²) in [7, 11) is 0. The van der Waals surface area contributed by atoms with E-state index in [0.717, 1.165) is 19.3 Å². The fourth-order valence-corrected chi connectivity index (χ4v) is 5.35. The van der Waals surface area contributed by atoms with Crippen LogP contribution in [-0.2, 0) is 9.59 Å². The van der Waals surface area contributed by atoms with Gasteiger partial charge in [-0.2, -0.15) is 0 Å². The number of amidine groups is 1. The highest BCUT2D eigenvalue weighted by Crippen LogP contribution is 2.48. The highest BCUT2D eigenvalue weighted by molar-refractivity contribution is 6.07. The Kier molecular flexibility index (Phi) is 4.21. The van der Waals surface area contributed by atoms with E-state index < -0.39 is 5.54 Å². The van der Waals surface area contributed by atoms with Crippen LogP contribution in [0.2, 0.25) is 0 Å². The van der Waals surface area contributed by atoms with Crippen LogP contribution in [0.4, 0.5) is 0 Å². The molecule has 3 fully saturated rings. The van der Waals surface area contributed by atoms with Crippen molar-refractivity contribution in [2.75, 3.05) is 13.1 Å². The number of hydrogen-bond donors (Lipinski definition) is 2. The highest BCUT2D eigenvalue weighted by Gasteiger charge is 2.57. The summed E-state index contributed by atoms with van der Waals surface area (Å²) >= 11 is 0. The largest absolute Gasteiger partial charge is 0.342 e. The summed E-state index contributed by atoms with van der Waals surface area (Å²) in [5.41, 5.74) is 0.327. The molecule has 0 radical (unpaired) electrons. The van der Waals surface area contributed by atoms with Crippen LogP contribution in [-0.4, -0.2) is 53.3 Å². The normalized spacial score (nSPS) is 34.8. The quantitative estimate of drug-likeness (QED) is 0.755. The average molecular weight is 358 g/mol. The molecular formula is C20H30N4O2. The molecule has 3 atom stereocenters. The molecule has 2 N–H and O–H groups in total. The summed E-state index contributed by atoms with van der Waals surface area (Å²) < 4.78 is 0. The van der Waals surface area contributed by atoms with Crippen LogP contribution in [0, 0.1) is 5.41 Å². The van der Waals surface area contributed by atoms with E-state index in [0.29, 0.717) is 43.9 Å². The van der Waals surface area contributed by atoms with E-state index in [1.807, 2.05) is 11.8 Å². The van der Waals surface area contributed by atoms with Gasteiger partial charge in [0.1, 0.15) is 11.4 Å². The molecule has 26 heavy (non-hydrogen) atoms. The Hall–Kier alpha value is -1.69. The molecule has 4 rings (SSSR count). The minimum Gasteiger partial charge on any atom is -0.342 e. The number of carbonyl (C=O) groups is 2. The van der Waals surface area contributed by atoms with Crippen molar-refractivity contribution in [1.29, 1.82) is 0 Å². The van der Waals surface area contributed by atoms with Crippen molar-refractivity contribution >= 4 is 17.6 Å². The van der Waals surface area contributed by atoms with Crippen molar-refractivity contribution in [2.24, 2.45) is 10.4 Å². The predicted octanol–water partition coefficient (Wildman–Crippen LogP) is 1.76. The van der Waals surface area contributed by atoms with Crippen LogP contribution in [0.25, 0.3) is 0 Å². The predicted molar refractivity (Wildman–Crippen MR) is 101 cm³/mol. The summed E-state index contributed by atoms with van der Waals surface area (Å²) in [6.45, 7) is 7.28. The Morgan fingerprint density at radius 3 is 2.54 bits per heavy atom. The SMILES string of the molecule is CC(C)=CC[C@@]1(C(=O)N2CCC3(CC2)N=C(C)NC3=O)C[C@@H]2CC[C@H]1N2. The van der Waals surface area contributed by atoms with Gasteiger partial charge in [0, 0.05) is 25.2 Å². The van der Waals surface area contributed by atoms with Crippen molar-refractivity contribution in [3.8, 4) is 0 Å². The lowest BCUT2D eigenvalue weighted by atomic mass is 9.69. The van der Waals surface area contributed by atoms with Gasteiger partial charge in [-0.05, 0) is 59.3 Å². The van der Waals surface area contributed by atoms with E-state index in [2.05, 4.69) is 35.5 Å². The van der Waals surface area contributed by atoms with E-state index in [1.54, 1.807) is 0 Å². The second-order valence-electron chi connectivity index (χ2n) is 8.81. The summed E-state index contributed by atoms with van der Waals surface area (Å²) in [6.07, 6.45) is 7.53. The molecule has 4 aliphatic rings. The number of piperidine rings is 1. The molecule has 0 aromatic heterocycles. The number of amides is 2. The van der Waals surface area contributed by atoms with Crippen molar-refractivity contribution in [1.82, 2.24) is 15.5 Å². The molecule has 0 aromatic rings. The lowest BCUT2D eigenvalue weighted by Crippen LogP contribution is -2.56. The first kappa shape index (κ1) is 17.7. The van der Waals surface area contributed by atoms with Gasteiger partial charge in [0.2, 0.25) is 5.91 Å². The molecule has 3 saturated heterocycles. The van der Waals surface area contributed by atoms with E-state index in [-0.39, 0.29) is 17.2 Å². The van der Waals surface area contributed by atoms with Crippen molar-refractivity contribution in [3.63, 3.8) is 0 Å². The first-order valence-corrected chi connectivity index (χ1v) is 9.91. The number of aliphatic imine (C=N–C) groups is 1. The topological polar surface area (TPSA) is 73.8 Å². The fraction of sp³-hybridized carbons (Fsp3) is 0.750. The molecule has 4 heterocycles. The van der Waals surface area contributed by atoms with Crippen molar-refractivity contribution in [2.45, 2.75) is 76.9 Å². The van der Waals surface area contributed by atoms with Crippen LogP contribution in [0.5, 0.6) is 0 Å². The summed E-state index contributed by atoms with van der Waals surface area (Å²) in [5.74, 6) is 0.985. The number of fused-ring (bicyclic) bond motifs is 2. The lowest BCUT2D eigenvalue weighted by Gasteiger charge is -2.42. The number of carbonyl (C=O) groups excluding carboxylic acids is 2. The Morgan fingerprint density at radius 2 is 2.04 bits per heavy atom. The molecule has 6 nitrogen and oxygen atoms in total. The number of likely N-dealkylation sites (tertiary alicyclic amines) is 1. The molecule has 4 aliphatic heterocycles. The second-order valence-corrected chi connectivity index (χ2v) is 8.81. The number of hydrogen-bond acceptors (Lipinski definition) is 4. The zero-order valence-corrected chi connectivity index (χ0v) is 16.1. The maximum atomic E-state index is 13.6. The van der Waals surface area contributed by atoms with Gasteiger partial charge < -0.3 is 15.5 Å². The number of allylic oxidation sites excluding steroid dienone is 2.